The first-order valence-corrected chi connectivity index (χ1v) is 6.99. The van der Waals surface area contributed by atoms with Crippen LogP contribution in [0.4, 0.5) is 11.5 Å². The topological polar surface area (TPSA) is 42.7 Å². The van der Waals surface area contributed by atoms with Gasteiger partial charge in [-0.3, -0.25) is 0 Å². The highest BCUT2D eigenvalue weighted by atomic mass is 35.5. The van der Waals surface area contributed by atoms with Crippen LogP contribution >= 0.6 is 11.6 Å². The quantitative estimate of drug-likeness (QED) is 0.747. The van der Waals surface area contributed by atoms with Crippen LogP contribution in [0.25, 0.3) is 11.0 Å². The Hall–Kier alpha value is -2.07. The van der Waals surface area contributed by atoms with E-state index in [1.54, 1.807) is 12.5 Å². The van der Waals surface area contributed by atoms with Crippen molar-refractivity contribution in [2.24, 2.45) is 7.05 Å². The summed E-state index contributed by atoms with van der Waals surface area (Å²) in [7, 11) is 1.97. The van der Waals surface area contributed by atoms with E-state index in [1.165, 1.54) is 5.56 Å². The van der Waals surface area contributed by atoms with Crippen molar-refractivity contribution in [3.8, 4) is 0 Å². The zero-order valence-electron chi connectivity index (χ0n) is 11.2. The van der Waals surface area contributed by atoms with Gasteiger partial charge in [-0.2, -0.15) is 0 Å². The lowest BCUT2D eigenvalue weighted by molar-refractivity contribution is 0.947. The number of hydrogen-bond acceptors (Lipinski definition) is 3. The van der Waals surface area contributed by atoms with Crippen molar-refractivity contribution in [2.45, 2.75) is 6.42 Å². The average molecular weight is 287 g/mol. The molecule has 5 heteroatoms. The van der Waals surface area contributed by atoms with Gasteiger partial charge in [0.25, 0.3) is 0 Å². The minimum atomic E-state index is 0.640. The summed E-state index contributed by atoms with van der Waals surface area (Å²) >= 11 is 5.74. The largest absolute Gasteiger partial charge is 0.338 e. The normalized spacial score (nSPS) is 10.9. The van der Waals surface area contributed by atoms with Crippen molar-refractivity contribution in [3.05, 3.63) is 48.4 Å². The van der Waals surface area contributed by atoms with Crippen LogP contribution in [0.3, 0.4) is 0 Å². The number of fused-ring (bicyclic) bond motifs is 1. The number of pyridine rings is 1. The summed E-state index contributed by atoms with van der Waals surface area (Å²) in [6.07, 6.45) is 4.46. The van der Waals surface area contributed by atoms with E-state index in [0.29, 0.717) is 5.88 Å². The van der Waals surface area contributed by atoms with Crippen molar-refractivity contribution < 1.29 is 0 Å². The molecule has 0 radical (unpaired) electrons. The number of aromatic nitrogens is 3. The molecular weight excluding hydrogens is 272 g/mol. The predicted molar refractivity (Wildman–Crippen MR) is 82.7 cm³/mol. The van der Waals surface area contributed by atoms with Crippen LogP contribution in [-0.4, -0.2) is 20.4 Å². The second-order valence-electron chi connectivity index (χ2n) is 4.64. The number of alkyl halides is 1. The minimum Gasteiger partial charge on any atom is -0.338 e. The van der Waals surface area contributed by atoms with Crippen LogP contribution in [0.5, 0.6) is 0 Å². The van der Waals surface area contributed by atoms with Crippen LogP contribution < -0.4 is 5.32 Å². The van der Waals surface area contributed by atoms with Gasteiger partial charge in [0.1, 0.15) is 5.52 Å². The lowest BCUT2D eigenvalue weighted by Gasteiger charge is -2.07. The Balaban J connectivity index is 1.89. The Labute approximate surface area is 122 Å². The maximum Gasteiger partial charge on any atom is 0.158 e. The van der Waals surface area contributed by atoms with E-state index in [4.69, 9.17) is 11.6 Å². The molecule has 0 bridgehead atoms. The third-order valence-electron chi connectivity index (χ3n) is 3.24. The van der Waals surface area contributed by atoms with Crippen molar-refractivity contribution in [1.29, 1.82) is 0 Å². The number of hydrogen-bond donors (Lipinski definition) is 1. The Bertz CT molecular complexity index is 718. The predicted octanol–water partition coefficient (Wildman–Crippen LogP) is 3.49. The summed E-state index contributed by atoms with van der Waals surface area (Å²) < 4.78 is 1.98. The highest BCUT2D eigenvalue weighted by molar-refractivity contribution is 6.17. The SMILES string of the molecule is Cn1cnc2c(Nc3ccc(CCCl)cc3)nccc21. The first-order chi connectivity index (χ1) is 9.78. The molecule has 0 aliphatic heterocycles. The molecule has 0 unspecified atom stereocenters. The van der Waals surface area contributed by atoms with Gasteiger partial charge in [-0.25, -0.2) is 9.97 Å². The molecule has 2 aromatic heterocycles. The molecule has 0 aliphatic rings. The molecule has 0 atom stereocenters. The number of halogens is 1. The standard InChI is InChI=1S/C15H15ClN4/c1-20-10-18-14-13(20)7-9-17-15(14)19-12-4-2-11(3-5-12)6-8-16/h2-5,7,9-10H,6,8H2,1H3,(H,17,19). The van der Waals surface area contributed by atoms with E-state index >= 15 is 0 Å². The van der Waals surface area contributed by atoms with Crippen LogP contribution in [0.2, 0.25) is 0 Å². The van der Waals surface area contributed by atoms with Crippen molar-refractivity contribution in [1.82, 2.24) is 14.5 Å². The number of aryl methyl sites for hydroxylation is 2. The minimum absolute atomic E-state index is 0.640. The third kappa shape index (κ3) is 2.47. The zero-order valence-corrected chi connectivity index (χ0v) is 11.9. The maximum absolute atomic E-state index is 5.74. The van der Waals surface area contributed by atoms with Crippen molar-refractivity contribution in [2.75, 3.05) is 11.2 Å². The molecule has 0 saturated carbocycles. The number of imidazole rings is 1. The van der Waals surface area contributed by atoms with Crippen molar-refractivity contribution in [3.63, 3.8) is 0 Å². The summed E-state index contributed by atoms with van der Waals surface area (Å²) in [6, 6.07) is 10.2. The smallest absolute Gasteiger partial charge is 0.158 e. The molecule has 3 aromatic rings. The van der Waals surface area contributed by atoms with E-state index in [1.807, 2.05) is 29.8 Å². The van der Waals surface area contributed by atoms with Gasteiger partial charge in [-0.05, 0) is 30.2 Å². The molecule has 0 saturated heterocycles. The Kier molecular flexibility index (Phi) is 3.56. The monoisotopic (exact) mass is 286 g/mol. The second kappa shape index (κ2) is 5.51. The van der Waals surface area contributed by atoms with Crippen LogP contribution in [0.15, 0.2) is 42.9 Å². The van der Waals surface area contributed by atoms with Gasteiger partial charge >= 0.3 is 0 Å². The highest BCUT2D eigenvalue weighted by Gasteiger charge is 2.06. The number of nitrogens with zero attached hydrogens (tertiary/aromatic N) is 3. The van der Waals surface area contributed by atoms with E-state index in [9.17, 15) is 0 Å². The molecule has 4 nitrogen and oxygen atoms in total. The molecule has 0 amide bonds. The summed E-state index contributed by atoms with van der Waals surface area (Å²) in [6.45, 7) is 0. The number of rotatable bonds is 4. The average Bonchev–Trinajstić information content (AvgIpc) is 2.84. The lowest BCUT2D eigenvalue weighted by Crippen LogP contribution is -1.95. The fourth-order valence-electron chi connectivity index (χ4n) is 2.15. The van der Waals surface area contributed by atoms with Gasteiger partial charge in [0.15, 0.2) is 5.82 Å². The first kappa shape index (κ1) is 12.9. The van der Waals surface area contributed by atoms with Gasteiger partial charge in [0.2, 0.25) is 0 Å². The van der Waals surface area contributed by atoms with Crippen LogP contribution in [0, 0.1) is 0 Å². The van der Waals surface area contributed by atoms with Crippen LogP contribution in [0.1, 0.15) is 5.56 Å². The number of anilines is 2. The fraction of sp³-hybridized carbons (Fsp3) is 0.200. The molecule has 102 valence electrons. The molecule has 0 fully saturated rings. The molecule has 1 N–H and O–H groups in total. The highest BCUT2D eigenvalue weighted by Crippen LogP contribution is 2.22. The van der Waals surface area contributed by atoms with Gasteiger partial charge in [0.05, 0.1) is 11.8 Å². The third-order valence-corrected chi connectivity index (χ3v) is 3.43. The number of nitrogens with one attached hydrogen (secondary N) is 1. The summed E-state index contributed by atoms with van der Waals surface area (Å²) in [4.78, 5) is 8.75. The van der Waals surface area contributed by atoms with E-state index in [-0.39, 0.29) is 0 Å². The molecule has 0 spiro atoms. The summed E-state index contributed by atoms with van der Waals surface area (Å²) in [5, 5.41) is 3.31. The summed E-state index contributed by atoms with van der Waals surface area (Å²) in [5.41, 5.74) is 4.16. The number of benzene rings is 1. The molecule has 20 heavy (non-hydrogen) atoms. The fourth-order valence-corrected chi connectivity index (χ4v) is 2.37. The van der Waals surface area contributed by atoms with Crippen LogP contribution in [-0.2, 0) is 13.5 Å². The van der Waals surface area contributed by atoms with Gasteiger partial charge < -0.3 is 9.88 Å². The Morgan fingerprint density at radius 2 is 1.95 bits per heavy atom. The lowest BCUT2D eigenvalue weighted by atomic mass is 10.1. The molecule has 0 aliphatic carbocycles. The zero-order chi connectivity index (χ0) is 13.9. The molecule has 3 rings (SSSR count). The first-order valence-electron chi connectivity index (χ1n) is 6.46. The maximum atomic E-state index is 5.74. The van der Waals surface area contributed by atoms with Gasteiger partial charge in [0, 0.05) is 24.8 Å². The van der Waals surface area contributed by atoms with Crippen molar-refractivity contribution >= 4 is 34.1 Å². The molecular formula is C15H15ClN4. The van der Waals surface area contributed by atoms with E-state index in [0.717, 1.165) is 29.0 Å². The molecule has 1 aromatic carbocycles. The Morgan fingerprint density at radius 1 is 1.15 bits per heavy atom. The molecule has 2 heterocycles. The van der Waals surface area contributed by atoms with E-state index in [2.05, 4.69) is 27.4 Å². The van der Waals surface area contributed by atoms with Gasteiger partial charge in [-0.1, -0.05) is 12.1 Å². The van der Waals surface area contributed by atoms with E-state index < -0.39 is 0 Å². The summed E-state index contributed by atoms with van der Waals surface area (Å²) in [5.74, 6) is 1.41. The second-order valence-corrected chi connectivity index (χ2v) is 5.02. The Morgan fingerprint density at radius 3 is 2.70 bits per heavy atom. The van der Waals surface area contributed by atoms with Gasteiger partial charge in [-0.15, -0.1) is 11.6 Å².